The third kappa shape index (κ3) is 5.81. The van der Waals surface area contributed by atoms with Gasteiger partial charge in [0, 0.05) is 6.42 Å². The molecule has 0 aliphatic heterocycles. The Morgan fingerprint density at radius 2 is 1.73 bits per heavy atom. The standard InChI is InChI=1S/C26H26N4O2S/c1-19-9-11-21(12-10-19)18-32-24-15-22(13-14-23(24)31-2)17-27-30-25(28-29-26(30)33-3)16-20-7-5-4-6-8-20/h4-15,17H,16,18H2,1-3H3/b27-17-. The Morgan fingerprint density at radius 3 is 2.45 bits per heavy atom. The molecule has 168 valence electrons. The van der Waals surface area contributed by atoms with Crippen molar-refractivity contribution in [3.8, 4) is 11.5 Å². The first kappa shape index (κ1) is 22.6. The molecule has 0 aliphatic rings. The predicted molar refractivity (Wildman–Crippen MR) is 133 cm³/mol. The predicted octanol–water partition coefficient (Wildman–Crippen LogP) is 5.37. The molecule has 0 amide bonds. The molecule has 6 nitrogen and oxygen atoms in total. The van der Waals surface area contributed by atoms with E-state index in [1.807, 2.05) is 42.7 Å². The summed E-state index contributed by atoms with van der Waals surface area (Å²) in [5.41, 5.74) is 4.37. The number of thioether (sulfide) groups is 1. The van der Waals surface area contributed by atoms with E-state index in [0.717, 1.165) is 27.7 Å². The molecule has 0 radical (unpaired) electrons. The van der Waals surface area contributed by atoms with Crippen molar-refractivity contribution in [1.29, 1.82) is 0 Å². The van der Waals surface area contributed by atoms with Gasteiger partial charge in [-0.3, -0.25) is 0 Å². The second-order valence-corrected chi connectivity index (χ2v) is 8.28. The van der Waals surface area contributed by atoms with Crippen LogP contribution >= 0.6 is 11.8 Å². The van der Waals surface area contributed by atoms with Crippen LogP contribution in [-0.2, 0) is 13.0 Å². The highest BCUT2D eigenvalue weighted by atomic mass is 32.2. The third-order valence-corrected chi connectivity index (χ3v) is 5.71. The quantitative estimate of drug-likeness (QED) is 0.249. The van der Waals surface area contributed by atoms with Gasteiger partial charge in [0.1, 0.15) is 6.61 Å². The number of aryl methyl sites for hydroxylation is 1. The summed E-state index contributed by atoms with van der Waals surface area (Å²) in [5, 5.41) is 14.0. The minimum atomic E-state index is 0.459. The number of hydrogen-bond acceptors (Lipinski definition) is 6. The number of ether oxygens (including phenoxy) is 2. The van der Waals surface area contributed by atoms with Crippen LogP contribution in [0.15, 0.2) is 83.1 Å². The summed E-state index contributed by atoms with van der Waals surface area (Å²) in [4.78, 5) is 0. The molecule has 0 unspecified atom stereocenters. The first-order chi connectivity index (χ1) is 16.2. The molecule has 0 atom stereocenters. The van der Waals surface area contributed by atoms with Gasteiger partial charge in [0.2, 0.25) is 5.16 Å². The van der Waals surface area contributed by atoms with Crippen LogP contribution in [0.25, 0.3) is 0 Å². The molecule has 0 aliphatic carbocycles. The summed E-state index contributed by atoms with van der Waals surface area (Å²) in [7, 11) is 1.64. The van der Waals surface area contributed by atoms with Gasteiger partial charge < -0.3 is 9.47 Å². The first-order valence-electron chi connectivity index (χ1n) is 10.6. The molecular weight excluding hydrogens is 432 g/mol. The lowest BCUT2D eigenvalue weighted by atomic mass is 10.1. The van der Waals surface area contributed by atoms with E-state index in [2.05, 4.69) is 58.6 Å². The summed E-state index contributed by atoms with van der Waals surface area (Å²) in [6.07, 6.45) is 4.40. The van der Waals surface area contributed by atoms with Gasteiger partial charge in [-0.2, -0.15) is 9.78 Å². The lowest BCUT2D eigenvalue weighted by molar-refractivity contribution is 0.284. The second-order valence-electron chi connectivity index (χ2n) is 7.51. The summed E-state index contributed by atoms with van der Waals surface area (Å²) < 4.78 is 13.3. The molecule has 0 N–H and O–H groups in total. The molecule has 0 fully saturated rings. The zero-order valence-electron chi connectivity index (χ0n) is 18.9. The van der Waals surface area contributed by atoms with E-state index in [1.54, 1.807) is 18.0 Å². The zero-order valence-corrected chi connectivity index (χ0v) is 19.7. The third-order valence-electron chi connectivity index (χ3n) is 5.09. The van der Waals surface area contributed by atoms with Crippen molar-refractivity contribution in [3.05, 3.63) is 101 Å². The summed E-state index contributed by atoms with van der Waals surface area (Å²) in [5.74, 6) is 2.13. The minimum absolute atomic E-state index is 0.459. The smallest absolute Gasteiger partial charge is 0.211 e. The van der Waals surface area contributed by atoms with Gasteiger partial charge in [-0.1, -0.05) is 71.9 Å². The molecule has 4 aromatic rings. The van der Waals surface area contributed by atoms with Crippen molar-refractivity contribution in [3.63, 3.8) is 0 Å². The Balaban J connectivity index is 1.55. The highest BCUT2D eigenvalue weighted by Gasteiger charge is 2.12. The topological polar surface area (TPSA) is 61.5 Å². The maximum atomic E-state index is 6.06. The van der Waals surface area contributed by atoms with E-state index in [1.165, 1.54) is 17.3 Å². The van der Waals surface area contributed by atoms with Crippen LogP contribution in [0.4, 0.5) is 0 Å². The Kier molecular flexibility index (Phi) is 7.42. The maximum absolute atomic E-state index is 6.06. The largest absolute Gasteiger partial charge is 0.493 e. The lowest BCUT2D eigenvalue weighted by Gasteiger charge is -2.11. The molecular formula is C26H26N4O2S. The van der Waals surface area contributed by atoms with E-state index in [-0.39, 0.29) is 0 Å². The van der Waals surface area contributed by atoms with E-state index in [4.69, 9.17) is 9.47 Å². The number of aromatic nitrogens is 3. The van der Waals surface area contributed by atoms with E-state index < -0.39 is 0 Å². The van der Waals surface area contributed by atoms with E-state index >= 15 is 0 Å². The number of methoxy groups -OCH3 is 1. The zero-order chi connectivity index (χ0) is 23.0. The Bertz CT molecular complexity index is 1220. The average molecular weight is 459 g/mol. The summed E-state index contributed by atoms with van der Waals surface area (Å²) >= 11 is 1.51. The normalized spacial score (nSPS) is 11.1. The Hall–Kier alpha value is -3.58. The van der Waals surface area contributed by atoms with Crippen molar-refractivity contribution < 1.29 is 9.47 Å². The fourth-order valence-electron chi connectivity index (χ4n) is 3.28. The van der Waals surface area contributed by atoms with Crippen LogP contribution in [0, 0.1) is 6.92 Å². The summed E-state index contributed by atoms with van der Waals surface area (Å²) in [6.45, 7) is 2.53. The molecule has 1 aromatic heterocycles. The van der Waals surface area contributed by atoms with Gasteiger partial charge in [-0.05, 0) is 48.1 Å². The van der Waals surface area contributed by atoms with Crippen LogP contribution in [-0.4, -0.2) is 34.5 Å². The van der Waals surface area contributed by atoms with Crippen molar-refractivity contribution in [2.24, 2.45) is 5.10 Å². The van der Waals surface area contributed by atoms with Crippen molar-refractivity contribution in [2.75, 3.05) is 13.4 Å². The van der Waals surface area contributed by atoms with Crippen molar-refractivity contribution in [2.45, 2.75) is 25.1 Å². The molecule has 33 heavy (non-hydrogen) atoms. The van der Waals surface area contributed by atoms with Crippen LogP contribution in [0.1, 0.15) is 28.1 Å². The fraction of sp³-hybridized carbons (Fsp3) is 0.192. The fourth-order valence-corrected chi connectivity index (χ4v) is 3.73. The lowest BCUT2D eigenvalue weighted by Crippen LogP contribution is -2.02. The number of benzene rings is 3. The van der Waals surface area contributed by atoms with Crippen LogP contribution in [0.3, 0.4) is 0 Å². The molecule has 0 spiro atoms. The van der Waals surface area contributed by atoms with Gasteiger partial charge in [-0.15, -0.1) is 10.2 Å². The maximum Gasteiger partial charge on any atom is 0.211 e. The van der Waals surface area contributed by atoms with E-state index in [0.29, 0.717) is 24.5 Å². The van der Waals surface area contributed by atoms with Gasteiger partial charge in [0.25, 0.3) is 0 Å². The SMILES string of the molecule is COc1ccc(/C=N\n2c(Cc3ccccc3)nnc2SC)cc1OCc1ccc(C)cc1. The Morgan fingerprint density at radius 1 is 0.939 bits per heavy atom. The molecule has 0 saturated heterocycles. The number of rotatable bonds is 9. The van der Waals surface area contributed by atoms with Gasteiger partial charge in [0.05, 0.1) is 13.3 Å². The average Bonchev–Trinajstić information content (AvgIpc) is 3.24. The van der Waals surface area contributed by atoms with Crippen LogP contribution < -0.4 is 9.47 Å². The molecule has 4 rings (SSSR count). The monoisotopic (exact) mass is 458 g/mol. The molecule has 3 aromatic carbocycles. The van der Waals surface area contributed by atoms with Gasteiger partial charge in [-0.25, -0.2) is 0 Å². The van der Waals surface area contributed by atoms with Crippen LogP contribution in [0.2, 0.25) is 0 Å². The number of nitrogens with zero attached hydrogens (tertiary/aromatic N) is 4. The molecule has 1 heterocycles. The highest BCUT2D eigenvalue weighted by Crippen LogP contribution is 2.28. The number of hydrogen-bond donors (Lipinski definition) is 0. The first-order valence-corrected chi connectivity index (χ1v) is 11.8. The van der Waals surface area contributed by atoms with Crippen molar-refractivity contribution >= 4 is 18.0 Å². The van der Waals surface area contributed by atoms with Gasteiger partial charge in [0.15, 0.2) is 17.3 Å². The van der Waals surface area contributed by atoms with Crippen LogP contribution in [0.5, 0.6) is 11.5 Å². The minimum Gasteiger partial charge on any atom is -0.493 e. The Labute approximate surface area is 198 Å². The van der Waals surface area contributed by atoms with Gasteiger partial charge >= 0.3 is 0 Å². The second kappa shape index (κ2) is 10.8. The molecule has 7 heteroatoms. The molecule has 0 bridgehead atoms. The summed E-state index contributed by atoms with van der Waals surface area (Å²) in [6, 6.07) is 24.2. The van der Waals surface area contributed by atoms with E-state index in [9.17, 15) is 0 Å². The van der Waals surface area contributed by atoms with Crippen molar-refractivity contribution in [1.82, 2.24) is 14.9 Å². The molecule has 0 saturated carbocycles. The highest BCUT2D eigenvalue weighted by molar-refractivity contribution is 7.98.